The van der Waals surface area contributed by atoms with Crippen molar-refractivity contribution >= 4 is 11.7 Å². The summed E-state index contributed by atoms with van der Waals surface area (Å²) in [5.41, 5.74) is 0.897. The lowest BCUT2D eigenvalue weighted by atomic mass is 10.3. The molecule has 0 radical (unpaired) electrons. The van der Waals surface area contributed by atoms with Crippen LogP contribution in [-0.4, -0.2) is 33.2 Å². The van der Waals surface area contributed by atoms with Crippen LogP contribution in [0.3, 0.4) is 0 Å². The molecule has 0 spiro atoms. The van der Waals surface area contributed by atoms with Crippen LogP contribution < -0.4 is 5.32 Å². The lowest BCUT2D eigenvalue weighted by molar-refractivity contribution is -0.117. The van der Waals surface area contributed by atoms with E-state index in [4.69, 9.17) is 4.42 Å². The number of nitrogens with zero attached hydrogens (tertiary/aromatic N) is 3. The maximum atomic E-state index is 12.4. The molecule has 6 nitrogen and oxygen atoms in total. The van der Waals surface area contributed by atoms with E-state index in [1.165, 1.54) is 6.42 Å². The van der Waals surface area contributed by atoms with Crippen LogP contribution in [0, 0.1) is 12.8 Å². The number of hydrogen-bond acceptors (Lipinski definition) is 4. The quantitative estimate of drug-likeness (QED) is 0.840. The van der Waals surface area contributed by atoms with Crippen LogP contribution in [0.25, 0.3) is 0 Å². The maximum Gasteiger partial charge on any atom is 0.239 e. The molecule has 25 heavy (non-hydrogen) atoms. The first-order chi connectivity index (χ1) is 12.0. The number of aryl methyl sites for hydroxylation is 2. The normalized spacial score (nSPS) is 22.4. The van der Waals surface area contributed by atoms with E-state index in [2.05, 4.69) is 34.4 Å². The monoisotopic (exact) mass is 342 g/mol. The Kier molecular flexibility index (Phi) is 4.15. The fourth-order valence-electron chi connectivity index (χ4n) is 3.45. The number of amides is 1. The Hall–Kier alpha value is -2.08. The van der Waals surface area contributed by atoms with Gasteiger partial charge in [0.25, 0.3) is 0 Å². The molecule has 2 atom stereocenters. The molecule has 0 unspecified atom stereocenters. The molecule has 0 aliphatic heterocycles. The van der Waals surface area contributed by atoms with Crippen LogP contribution in [0.5, 0.6) is 0 Å². The van der Waals surface area contributed by atoms with Gasteiger partial charge in [0.2, 0.25) is 5.91 Å². The molecule has 2 saturated carbocycles. The highest BCUT2D eigenvalue weighted by Gasteiger charge is 2.37. The third kappa shape index (κ3) is 3.79. The number of carbonyl (C=O) groups is 1. The summed E-state index contributed by atoms with van der Waals surface area (Å²) in [5.74, 6) is 4.14. The molecule has 2 heterocycles. The first-order valence-electron chi connectivity index (χ1n) is 9.12. The topological polar surface area (TPSA) is 63.3 Å². The summed E-state index contributed by atoms with van der Waals surface area (Å²) in [7, 11) is 1.84. The predicted octanol–water partition coefficient (Wildman–Crippen LogP) is 3.05. The molecule has 1 N–H and O–H groups in total. The number of rotatable bonds is 7. The van der Waals surface area contributed by atoms with E-state index < -0.39 is 0 Å². The minimum absolute atomic E-state index is 0.00232. The van der Waals surface area contributed by atoms with Gasteiger partial charge in [0, 0.05) is 25.1 Å². The SMILES string of the molecule is Cc1cc(NC(=O)CN(Cc2ccc([C@@H]3C[C@H]3C)o2)C2CC2)n(C)n1. The van der Waals surface area contributed by atoms with Crippen LogP contribution in [0.15, 0.2) is 22.6 Å². The zero-order chi connectivity index (χ0) is 17.6. The Morgan fingerprint density at radius 3 is 2.80 bits per heavy atom. The van der Waals surface area contributed by atoms with Crippen molar-refractivity contribution in [3.05, 3.63) is 35.4 Å². The predicted molar refractivity (Wildman–Crippen MR) is 95.2 cm³/mol. The molecule has 6 heteroatoms. The van der Waals surface area contributed by atoms with Crippen molar-refractivity contribution in [3.63, 3.8) is 0 Å². The zero-order valence-electron chi connectivity index (χ0n) is 15.2. The molecule has 2 aliphatic rings. The van der Waals surface area contributed by atoms with Gasteiger partial charge in [-0.2, -0.15) is 5.10 Å². The molecule has 2 fully saturated rings. The van der Waals surface area contributed by atoms with Gasteiger partial charge in [0.1, 0.15) is 17.3 Å². The number of nitrogens with one attached hydrogen (secondary N) is 1. The van der Waals surface area contributed by atoms with Crippen molar-refractivity contribution in [2.45, 2.75) is 51.6 Å². The number of hydrogen-bond donors (Lipinski definition) is 1. The van der Waals surface area contributed by atoms with E-state index in [-0.39, 0.29) is 5.91 Å². The molecule has 4 rings (SSSR count). The molecular weight excluding hydrogens is 316 g/mol. The summed E-state index contributed by atoms with van der Waals surface area (Å²) < 4.78 is 7.72. The lowest BCUT2D eigenvalue weighted by Gasteiger charge is -2.20. The van der Waals surface area contributed by atoms with Gasteiger partial charge in [-0.05, 0) is 44.2 Å². The van der Waals surface area contributed by atoms with Crippen LogP contribution in [0.4, 0.5) is 5.82 Å². The summed E-state index contributed by atoms with van der Waals surface area (Å²) in [5, 5.41) is 7.22. The molecule has 2 aliphatic carbocycles. The summed E-state index contributed by atoms with van der Waals surface area (Å²) in [6.07, 6.45) is 3.54. The Bertz CT molecular complexity index is 774. The minimum atomic E-state index is -0.00232. The molecule has 0 bridgehead atoms. The largest absolute Gasteiger partial charge is 0.464 e. The van der Waals surface area contributed by atoms with Gasteiger partial charge in [-0.3, -0.25) is 14.4 Å². The molecule has 1 amide bonds. The van der Waals surface area contributed by atoms with Crippen molar-refractivity contribution in [2.24, 2.45) is 13.0 Å². The van der Waals surface area contributed by atoms with Crippen molar-refractivity contribution < 1.29 is 9.21 Å². The van der Waals surface area contributed by atoms with Crippen LogP contribution >= 0.6 is 0 Å². The van der Waals surface area contributed by atoms with Crippen molar-refractivity contribution in [2.75, 3.05) is 11.9 Å². The third-order valence-corrected chi connectivity index (χ3v) is 5.20. The highest BCUT2D eigenvalue weighted by Crippen LogP contribution is 2.47. The van der Waals surface area contributed by atoms with Gasteiger partial charge in [-0.1, -0.05) is 6.92 Å². The Morgan fingerprint density at radius 2 is 2.20 bits per heavy atom. The fourth-order valence-corrected chi connectivity index (χ4v) is 3.45. The maximum absolute atomic E-state index is 12.4. The average Bonchev–Trinajstić information content (AvgIpc) is 3.44. The summed E-state index contributed by atoms with van der Waals surface area (Å²) in [6, 6.07) is 6.55. The lowest BCUT2D eigenvalue weighted by Crippen LogP contribution is -2.34. The first kappa shape index (κ1) is 16.4. The van der Waals surface area contributed by atoms with E-state index in [9.17, 15) is 4.79 Å². The first-order valence-corrected chi connectivity index (χ1v) is 9.12. The van der Waals surface area contributed by atoms with Crippen LogP contribution in [0.1, 0.15) is 49.3 Å². The average molecular weight is 342 g/mol. The standard InChI is InChI=1S/C19H26N4O2/c1-12-8-16(12)17-7-6-15(25-17)10-23(14-4-5-14)11-19(24)20-18-9-13(2)21-22(18)3/h6-7,9,12,14,16H,4-5,8,10-11H2,1-3H3,(H,20,24)/t12-,16-/m1/s1. The van der Waals surface area contributed by atoms with E-state index in [1.807, 2.05) is 20.0 Å². The number of anilines is 1. The highest BCUT2D eigenvalue weighted by atomic mass is 16.3. The summed E-state index contributed by atoms with van der Waals surface area (Å²) in [4.78, 5) is 14.7. The van der Waals surface area contributed by atoms with Gasteiger partial charge in [-0.25, -0.2) is 0 Å². The zero-order valence-corrected chi connectivity index (χ0v) is 15.2. The second-order valence-electron chi connectivity index (χ2n) is 7.60. The second-order valence-corrected chi connectivity index (χ2v) is 7.60. The molecule has 2 aromatic rings. The van der Waals surface area contributed by atoms with E-state index in [0.29, 0.717) is 25.0 Å². The van der Waals surface area contributed by atoms with E-state index in [1.54, 1.807) is 4.68 Å². The fraction of sp³-hybridized carbons (Fsp3) is 0.579. The van der Waals surface area contributed by atoms with Crippen LogP contribution in [-0.2, 0) is 18.4 Å². The smallest absolute Gasteiger partial charge is 0.239 e. The van der Waals surface area contributed by atoms with Gasteiger partial charge in [-0.15, -0.1) is 0 Å². The van der Waals surface area contributed by atoms with Gasteiger partial charge < -0.3 is 9.73 Å². The van der Waals surface area contributed by atoms with Crippen molar-refractivity contribution in [1.82, 2.24) is 14.7 Å². The minimum Gasteiger partial charge on any atom is -0.464 e. The molecule has 2 aromatic heterocycles. The summed E-state index contributed by atoms with van der Waals surface area (Å²) in [6.45, 7) is 5.25. The molecular formula is C19H26N4O2. The van der Waals surface area contributed by atoms with E-state index in [0.717, 1.165) is 41.8 Å². The molecule has 134 valence electrons. The van der Waals surface area contributed by atoms with Gasteiger partial charge in [0.15, 0.2) is 0 Å². The van der Waals surface area contributed by atoms with Gasteiger partial charge >= 0.3 is 0 Å². The van der Waals surface area contributed by atoms with E-state index >= 15 is 0 Å². The van der Waals surface area contributed by atoms with Gasteiger partial charge in [0.05, 0.1) is 18.8 Å². The highest BCUT2D eigenvalue weighted by molar-refractivity contribution is 5.91. The Balaban J connectivity index is 1.37. The number of furan rings is 1. The second kappa shape index (κ2) is 6.33. The molecule has 0 saturated heterocycles. The Morgan fingerprint density at radius 1 is 1.44 bits per heavy atom. The van der Waals surface area contributed by atoms with Crippen molar-refractivity contribution in [1.29, 1.82) is 0 Å². The van der Waals surface area contributed by atoms with Crippen LogP contribution in [0.2, 0.25) is 0 Å². The van der Waals surface area contributed by atoms with Crippen molar-refractivity contribution in [3.8, 4) is 0 Å². The number of aromatic nitrogens is 2. The Labute approximate surface area is 148 Å². The number of carbonyl (C=O) groups excluding carboxylic acids is 1. The summed E-state index contributed by atoms with van der Waals surface area (Å²) >= 11 is 0. The molecule has 0 aromatic carbocycles. The third-order valence-electron chi connectivity index (χ3n) is 5.20.